The van der Waals surface area contributed by atoms with Crippen LogP contribution in [0.15, 0.2) is 40.7 Å². The molecule has 0 amide bonds. The maximum Gasteiger partial charge on any atom is 0.164 e. The largest absolute Gasteiger partial charge is 0.493 e. The molecule has 5 heteroatoms. The smallest absolute Gasteiger partial charge is 0.164 e. The normalized spacial score (nSPS) is 20.5. The molecule has 0 unspecified atom stereocenters. The molecule has 0 saturated heterocycles. The maximum absolute atomic E-state index is 12.8. The van der Waals surface area contributed by atoms with E-state index in [1.807, 2.05) is 18.2 Å². The number of methoxy groups -OCH3 is 2. The molecule has 0 atom stereocenters. The third kappa shape index (κ3) is 2.54. The van der Waals surface area contributed by atoms with Crippen molar-refractivity contribution in [2.24, 2.45) is 0 Å². The third-order valence-electron chi connectivity index (χ3n) is 5.54. The minimum absolute atomic E-state index is 0.124. The van der Waals surface area contributed by atoms with Crippen LogP contribution in [-0.4, -0.2) is 25.8 Å². The van der Waals surface area contributed by atoms with E-state index in [1.165, 1.54) is 0 Å². The Kier molecular flexibility index (Phi) is 4.31. The molecule has 1 N–H and O–H groups in total. The van der Waals surface area contributed by atoms with Gasteiger partial charge in [-0.3, -0.25) is 9.59 Å². The molecular formula is C21H23NO4. The number of rotatable bonds is 3. The van der Waals surface area contributed by atoms with Crippen molar-refractivity contribution in [3.8, 4) is 11.5 Å². The first-order valence-electron chi connectivity index (χ1n) is 9.16. The lowest BCUT2D eigenvalue weighted by atomic mass is 9.71. The number of hydrogen-bond donors (Lipinski definition) is 1. The first kappa shape index (κ1) is 16.9. The lowest BCUT2D eigenvalue weighted by Gasteiger charge is -2.37. The van der Waals surface area contributed by atoms with Gasteiger partial charge in [0.1, 0.15) is 0 Å². The Morgan fingerprint density at radius 2 is 1.50 bits per heavy atom. The Morgan fingerprint density at radius 1 is 0.885 bits per heavy atom. The quantitative estimate of drug-likeness (QED) is 0.902. The van der Waals surface area contributed by atoms with Crippen LogP contribution < -0.4 is 14.8 Å². The number of nitrogens with one attached hydrogen (secondary N) is 1. The van der Waals surface area contributed by atoms with Crippen molar-refractivity contribution in [2.45, 2.75) is 44.4 Å². The second kappa shape index (κ2) is 6.63. The van der Waals surface area contributed by atoms with E-state index in [9.17, 15) is 9.59 Å². The molecule has 0 fully saturated rings. The van der Waals surface area contributed by atoms with Crippen molar-refractivity contribution in [1.29, 1.82) is 0 Å². The third-order valence-corrected chi connectivity index (χ3v) is 5.54. The van der Waals surface area contributed by atoms with Gasteiger partial charge in [-0.2, -0.15) is 0 Å². The summed E-state index contributed by atoms with van der Waals surface area (Å²) in [5.41, 5.74) is 4.25. The number of para-hydroxylation sites is 1. The van der Waals surface area contributed by atoms with Crippen LogP contribution in [0.3, 0.4) is 0 Å². The molecule has 0 spiro atoms. The van der Waals surface area contributed by atoms with Crippen LogP contribution in [0.2, 0.25) is 0 Å². The van der Waals surface area contributed by atoms with E-state index in [4.69, 9.17) is 9.47 Å². The molecule has 0 saturated carbocycles. The van der Waals surface area contributed by atoms with E-state index in [0.29, 0.717) is 24.3 Å². The molecule has 2 aliphatic carbocycles. The number of carbonyl (C=O) groups excluding carboxylic acids is 2. The number of Topliss-reactive ketones (excluding diaryl/α,β-unsaturated/α-hetero) is 2. The molecule has 136 valence electrons. The Bertz CT molecular complexity index is 808. The number of allylic oxidation sites excluding steroid dienone is 4. The van der Waals surface area contributed by atoms with E-state index >= 15 is 0 Å². The number of ketones is 2. The fourth-order valence-electron chi connectivity index (χ4n) is 4.43. The molecular weight excluding hydrogens is 330 g/mol. The van der Waals surface area contributed by atoms with Crippen LogP contribution in [0.5, 0.6) is 11.5 Å². The lowest BCUT2D eigenvalue weighted by molar-refractivity contribution is -0.116. The summed E-state index contributed by atoms with van der Waals surface area (Å²) in [7, 11) is 3.19. The van der Waals surface area contributed by atoms with E-state index in [2.05, 4.69) is 5.32 Å². The number of benzene rings is 1. The molecule has 0 bridgehead atoms. The summed E-state index contributed by atoms with van der Waals surface area (Å²) in [6, 6.07) is 5.66. The van der Waals surface area contributed by atoms with Gasteiger partial charge >= 0.3 is 0 Å². The SMILES string of the molecule is COc1cccc(C2C3=C(CCCC3=O)NC3=C2C(=O)CCC3)c1OC. The summed E-state index contributed by atoms with van der Waals surface area (Å²) in [4.78, 5) is 25.7. The van der Waals surface area contributed by atoms with Crippen LogP contribution in [0, 0.1) is 0 Å². The van der Waals surface area contributed by atoms with Crippen LogP contribution in [0.25, 0.3) is 0 Å². The minimum Gasteiger partial charge on any atom is -0.493 e. The summed E-state index contributed by atoms with van der Waals surface area (Å²) in [5, 5.41) is 3.43. The van der Waals surface area contributed by atoms with Crippen molar-refractivity contribution in [2.75, 3.05) is 14.2 Å². The number of carbonyl (C=O) groups is 2. The van der Waals surface area contributed by atoms with Crippen LogP contribution in [-0.2, 0) is 9.59 Å². The average molecular weight is 353 g/mol. The van der Waals surface area contributed by atoms with Crippen molar-refractivity contribution < 1.29 is 19.1 Å². The second-order valence-corrected chi connectivity index (χ2v) is 6.98. The average Bonchev–Trinajstić information content (AvgIpc) is 2.66. The fourth-order valence-corrected chi connectivity index (χ4v) is 4.43. The Morgan fingerprint density at radius 3 is 2.04 bits per heavy atom. The number of dihydropyridines is 1. The van der Waals surface area contributed by atoms with Crippen LogP contribution in [0.4, 0.5) is 0 Å². The predicted molar refractivity (Wildman–Crippen MR) is 97.2 cm³/mol. The van der Waals surface area contributed by atoms with Gasteiger partial charge in [0.15, 0.2) is 23.1 Å². The minimum atomic E-state index is -0.369. The second-order valence-electron chi connectivity index (χ2n) is 6.98. The van der Waals surface area contributed by atoms with Crippen molar-refractivity contribution in [3.63, 3.8) is 0 Å². The predicted octanol–water partition coefficient (Wildman–Crippen LogP) is 3.40. The van der Waals surface area contributed by atoms with Crippen molar-refractivity contribution in [1.82, 2.24) is 5.32 Å². The molecule has 26 heavy (non-hydrogen) atoms. The van der Waals surface area contributed by atoms with Gasteiger partial charge < -0.3 is 14.8 Å². The van der Waals surface area contributed by atoms with E-state index in [1.54, 1.807) is 14.2 Å². The van der Waals surface area contributed by atoms with Gasteiger partial charge in [0.2, 0.25) is 0 Å². The van der Waals surface area contributed by atoms with Gasteiger partial charge in [0, 0.05) is 46.9 Å². The lowest BCUT2D eigenvalue weighted by Crippen LogP contribution is -2.36. The van der Waals surface area contributed by atoms with E-state index in [0.717, 1.165) is 53.8 Å². The van der Waals surface area contributed by atoms with Gasteiger partial charge in [-0.25, -0.2) is 0 Å². The van der Waals surface area contributed by atoms with Crippen molar-refractivity contribution >= 4 is 11.6 Å². The number of ether oxygens (including phenoxy) is 2. The highest BCUT2D eigenvalue weighted by atomic mass is 16.5. The van der Waals surface area contributed by atoms with Crippen LogP contribution >= 0.6 is 0 Å². The topological polar surface area (TPSA) is 64.6 Å². The van der Waals surface area contributed by atoms with Gasteiger partial charge in [-0.05, 0) is 31.7 Å². The van der Waals surface area contributed by atoms with Crippen molar-refractivity contribution in [3.05, 3.63) is 46.3 Å². The highest BCUT2D eigenvalue weighted by Gasteiger charge is 2.41. The molecule has 1 aliphatic heterocycles. The zero-order valence-electron chi connectivity index (χ0n) is 15.2. The molecule has 5 nitrogen and oxygen atoms in total. The molecule has 0 aromatic heterocycles. The highest BCUT2D eigenvalue weighted by Crippen LogP contribution is 2.49. The molecule has 1 heterocycles. The zero-order chi connectivity index (χ0) is 18.3. The standard InChI is InChI=1S/C21H23NO4/c1-25-17-11-3-6-12(21(17)26-2)18-19-13(7-4-9-15(19)23)22-14-8-5-10-16(24)20(14)18/h3,6,11,18,22H,4-5,7-10H2,1-2H3. The fraction of sp³-hybridized carbons (Fsp3) is 0.429. The Labute approximate surface area is 153 Å². The molecule has 4 rings (SSSR count). The van der Waals surface area contributed by atoms with Gasteiger partial charge in [-0.1, -0.05) is 12.1 Å². The summed E-state index contributed by atoms with van der Waals surface area (Å²) >= 11 is 0. The molecule has 3 aliphatic rings. The summed E-state index contributed by atoms with van der Waals surface area (Å²) in [6.45, 7) is 0. The van der Waals surface area contributed by atoms with Crippen LogP contribution in [0.1, 0.15) is 50.0 Å². The summed E-state index contributed by atoms with van der Waals surface area (Å²) in [5.74, 6) is 1.08. The molecule has 1 aromatic rings. The first-order chi connectivity index (χ1) is 12.7. The molecule has 0 radical (unpaired) electrons. The van der Waals surface area contributed by atoms with Gasteiger partial charge in [0.25, 0.3) is 0 Å². The Hall–Kier alpha value is -2.56. The van der Waals surface area contributed by atoms with E-state index in [-0.39, 0.29) is 17.5 Å². The summed E-state index contributed by atoms with van der Waals surface area (Å²) < 4.78 is 11.1. The monoisotopic (exact) mass is 353 g/mol. The summed E-state index contributed by atoms with van der Waals surface area (Å²) in [6.07, 6.45) is 4.44. The first-order valence-corrected chi connectivity index (χ1v) is 9.16. The highest BCUT2D eigenvalue weighted by molar-refractivity contribution is 6.06. The van der Waals surface area contributed by atoms with E-state index < -0.39 is 0 Å². The van der Waals surface area contributed by atoms with Gasteiger partial charge in [-0.15, -0.1) is 0 Å². The molecule has 1 aromatic carbocycles. The zero-order valence-corrected chi connectivity index (χ0v) is 15.2. The maximum atomic E-state index is 12.8. The number of hydrogen-bond acceptors (Lipinski definition) is 5. The van der Waals surface area contributed by atoms with Gasteiger partial charge in [0.05, 0.1) is 14.2 Å². The Balaban J connectivity index is 1.96.